The zero-order valence-electron chi connectivity index (χ0n) is 12.1. The molecule has 0 aromatic carbocycles. The number of aromatic amines is 1. The summed E-state index contributed by atoms with van der Waals surface area (Å²) in [5.41, 5.74) is 0.713. The van der Waals surface area contributed by atoms with Gasteiger partial charge in [-0.1, -0.05) is 6.92 Å². The molecule has 2 rings (SSSR count). The fourth-order valence-electron chi connectivity index (χ4n) is 2.29. The molecule has 1 saturated heterocycles. The lowest BCUT2D eigenvalue weighted by Gasteiger charge is -2.22. The minimum absolute atomic E-state index is 0.0855. The quantitative estimate of drug-likeness (QED) is 0.797. The van der Waals surface area contributed by atoms with Gasteiger partial charge in [-0.25, -0.2) is 0 Å². The summed E-state index contributed by atoms with van der Waals surface area (Å²) in [5, 5.41) is 3.34. The van der Waals surface area contributed by atoms with Gasteiger partial charge in [0.25, 0.3) is 0 Å². The normalized spacial score (nSPS) is 16.2. The molecule has 2 heterocycles. The molecule has 0 atom stereocenters. The molecule has 1 aliphatic heterocycles. The van der Waals surface area contributed by atoms with Crippen molar-refractivity contribution in [3.8, 4) is 5.75 Å². The highest BCUT2D eigenvalue weighted by molar-refractivity contribution is 5.20. The second kappa shape index (κ2) is 8.07. The van der Waals surface area contributed by atoms with Crippen molar-refractivity contribution in [3.05, 3.63) is 28.2 Å². The Labute approximate surface area is 119 Å². The Morgan fingerprint density at radius 1 is 1.35 bits per heavy atom. The van der Waals surface area contributed by atoms with Crippen LogP contribution in [0.15, 0.2) is 17.1 Å². The molecule has 112 valence electrons. The van der Waals surface area contributed by atoms with E-state index in [0.29, 0.717) is 24.9 Å². The maximum atomic E-state index is 11.8. The SMILES string of the molecule is CCCOc1c[nH]c(COCC2CCNCC2)cc1=O. The van der Waals surface area contributed by atoms with E-state index in [0.717, 1.165) is 31.8 Å². The zero-order chi connectivity index (χ0) is 14.2. The van der Waals surface area contributed by atoms with Gasteiger partial charge in [-0.05, 0) is 38.3 Å². The van der Waals surface area contributed by atoms with E-state index in [1.54, 1.807) is 12.3 Å². The molecule has 0 saturated carbocycles. The summed E-state index contributed by atoms with van der Waals surface area (Å²) in [4.78, 5) is 14.9. The minimum Gasteiger partial charge on any atom is -0.488 e. The topological polar surface area (TPSA) is 63.4 Å². The first kappa shape index (κ1) is 15.1. The van der Waals surface area contributed by atoms with E-state index in [1.807, 2.05) is 6.92 Å². The van der Waals surface area contributed by atoms with Crippen molar-refractivity contribution in [2.24, 2.45) is 5.92 Å². The molecule has 5 heteroatoms. The standard InChI is InChI=1S/C15H24N2O3/c1-2-7-20-15-9-17-13(8-14(15)18)11-19-10-12-3-5-16-6-4-12/h8-9,12,16H,2-7,10-11H2,1H3,(H,17,18). The number of piperidine rings is 1. The maximum absolute atomic E-state index is 11.8. The molecule has 0 aliphatic carbocycles. The first-order chi connectivity index (χ1) is 9.79. The summed E-state index contributed by atoms with van der Waals surface area (Å²) < 4.78 is 11.0. The summed E-state index contributed by atoms with van der Waals surface area (Å²) in [6.45, 7) is 5.94. The third kappa shape index (κ3) is 4.65. The Morgan fingerprint density at radius 2 is 2.15 bits per heavy atom. The van der Waals surface area contributed by atoms with Crippen molar-refractivity contribution in [1.29, 1.82) is 0 Å². The molecule has 20 heavy (non-hydrogen) atoms. The smallest absolute Gasteiger partial charge is 0.223 e. The van der Waals surface area contributed by atoms with Crippen LogP contribution in [0.3, 0.4) is 0 Å². The van der Waals surface area contributed by atoms with E-state index < -0.39 is 0 Å². The van der Waals surface area contributed by atoms with Crippen LogP contribution in [0.2, 0.25) is 0 Å². The first-order valence-corrected chi connectivity index (χ1v) is 7.42. The van der Waals surface area contributed by atoms with E-state index in [2.05, 4.69) is 10.3 Å². The van der Waals surface area contributed by atoms with Gasteiger partial charge in [0.1, 0.15) is 0 Å². The van der Waals surface area contributed by atoms with Crippen LogP contribution in [0.1, 0.15) is 31.9 Å². The molecule has 0 spiro atoms. The van der Waals surface area contributed by atoms with Crippen LogP contribution in [0.5, 0.6) is 5.75 Å². The zero-order valence-corrected chi connectivity index (χ0v) is 12.1. The van der Waals surface area contributed by atoms with Crippen LogP contribution in [-0.2, 0) is 11.3 Å². The highest BCUT2D eigenvalue weighted by Crippen LogP contribution is 2.12. The second-order valence-corrected chi connectivity index (χ2v) is 5.24. The maximum Gasteiger partial charge on any atom is 0.223 e. The third-order valence-electron chi connectivity index (χ3n) is 3.47. The molecule has 1 aromatic rings. The number of nitrogens with one attached hydrogen (secondary N) is 2. The predicted molar refractivity (Wildman–Crippen MR) is 78.1 cm³/mol. The molecule has 0 unspecified atom stereocenters. The van der Waals surface area contributed by atoms with Crippen molar-refractivity contribution >= 4 is 0 Å². The van der Waals surface area contributed by atoms with Crippen molar-refractivity contribution in [1.82, 2.24) is 10.3 Å². The number of H-pyrrole nitrogens is 1. The first-order valence-electron chi connectivity index (χ1n) is 7.42. The van der Waals surface area contributed by atoms with Gasteiger partial charge < -0.3 is 19.8 Å². The number of ether oxygens (including phenoxy) is 2. The van der Waals surface area contributed by atoms with Crippen LogP contribution in [0.25, 0.3) is 0 Å². The molecule has 1 aromatic heterocycles. The monoisotopic (exact) mass is 280 g/mol. The lowest BCUT2D eigenvalue weighted by atomic mass is 9.99. The van der Waals surface area contributed by atoms with Crippen LogP contribution in [-0.4, -0.2) is 31.3 Å². The lowest BCUT2D eigenvalue weighted by Crippen LogP contribution is -2.29. The molecule has 0 amide bonds. The largest absolute Gasteiger partial charge is 0.488 e. The lowest BCUT2D eigenvalue weighted by molar-refractivity contribution is 0.0743. The van der Waals surface area contributed by atoms with Crippen molar-refractivity contribution in [2.45, 2.75) is 32.8 Å². The van der Waals surface area contributed by atoms with Gasteiger partial charge in [-0.3, -0.25) is 4.79 Å². The van der Waals surface area contributed by atoms with E-state index in [4.69, 9.17) is 9.47 Å². The Bertz CT molecular complexity index is 453. The van der Waals surface area contributed by atoms with Gasteiger partial charge in [0.05, 0.1) is 19.8 Å². The van der Waals surface area contributed by atoms with Crippen LogP contribution < -0.4 is 15.5 Å². The van der Waals surface area contributed by atoms with E-state index in [1.165, 1.54) is 12.8 Å². The Hall–Kier alpha value is -1.33. The Kier molecular flexibility index (Phi) is 6.08. The average molecular weight is 280 g/mol. The fourth-order valence-corrected chi connectivity index (χ4v) is 2.29. The number of hydrogen-bond donors (Lipinski definition) is 2. The molecule has 1 fully saturated rings. The van der Waals surface area contributed by atoms with Gasteiger partial charge in [-0.2, -0.15) is 0 Å². The fraction of sp³-hybridized carbons (Fsp3) is 0.667. The Balaban J connectivity index is 1.78. The van der Waals surface area contributed by atoms with Crippen molar-refractivity contribution in [2.75, 3.05) is 26.3 Å². The average Bonchev–Trinajstić information content (AvgIpc) is 2.47. The number of rotatable bonds is 7. The predicted octanol–water partition coefficient (Wildman–Crippen LogP) is 1.68. The molecule has 5 nitrogen and oxygen atoms in total. The number of hydrogen-bond acceptors (Lipinski definition) is 4. The van der Waals surface area contributed by atoms with Gasteiger partial charge in [0.15, 0.2) is 5.75 Å². The van der Waals surface area contributed by atoms with Gasteiger partial charge in [0, 0.05) is 18.0 Å². The molecular weight excluding hydrogens is 256 g/mol. The molecular formula is C15H24N2O3. The molecule has 0 radical (unpaired) electrons. The Morgan fingerprint density at radius 3 is 2.85 bits per heavy atom. The summed E-state index contributed by atoms with van der Waals surface area (Å²) in [6, 6.07) is 1.56. The van der Waals surface area contributed by atoms with Crippen molar-refractivity contribution < 1.29 is 9.47 Å². The van der Waals surface area contributed by atoms with E-state index in [-0.39, 0.29) is 5.43 Å². The summed E-state index contributed by atoms with van der Waals surface area (Å²) in [6.07, 6.45) is 4.85. The highest BCUT2D eigenvalue weighted by atomic mass is 16.5. The minimum atomic E-state index is -0.0855. The number of pyridine rings is 1. The third-order valence-corrected chi connectivity index (χ3v) is 3.47. The summed E-state index contributed by atoms with van der Waals surface area (Å²) >= 11 is 0. The number of aromatic nitrogens is 1. The van der Waals surface area contributed by atoms with Crippen LogP contribution >= 0.6 is 0 Å². The van der Waals surface area contributed by atoms with Crippen molar-refractivity contribution in [3.63, 3.8) is 0 Å². The molecule has 1 aliphatic rings. The highest BCUT2D eigenvalue weighted by Gasteiger charge is 2.13. The van der Waals surface area contributed by atoms with E-state index >= 15 is 0 Å². The summed E-state index contributed by atoms with van der Waals surface area (Å²) in [5.74, 6) is 1.02. The molecule has 2 N–H and O–H groups in total. The van der Waals surface area contributed by atoms with Gasteiger partial charge in [0.2, 0.25) is 5.43 Å². The van der Waals surface area contributed by atoms with Gasteiger partial charge >= 0.3 is 0 Å². The van der Waals surface area contributed by atoms with Crippen LogP contribution in [0, 0.1) is 5.92 Å². The van der Waals surface area contributed by atoms with E-state index in [9.17, 15) is 4.79 Å². The van der Waals surface area contributed by atoms with Gasteiger partial charge in [-0.15, -0.1) is 0 Å². The summed E-state index contributed by atoms with van der Waals surface area (Å²) in [7, 11) is 0. The second-order valence-electron chi connectivity index (χ2n) is 5.24. The van der Waals surface area contributed by atoms with Crippen LogP contribution in [0.4, 0.5) is 0 Å². The molecule has 0 bridgehead atoms.